The Labute approximate surface area is 215 Å². The van der Waals surface area contributed by atoms with E-state index in [0.717, 1.165) is 18.2 Å². The molecule has 1 amide bonds. The second kappa shape index (κ2) is 11.2. The van der Waals surface area contributed by atoms with Gasteiger partial charge in [-0.1, -0.05) is 32.4 Å². The van der Waals surface area contributed by atoms with E-state index in [4.69, 9.17) is 9.15 Å². The minimum Gasteiger partial charge on any atom is -0.490 e. The van der Waals surface area contributed by atoms with Crippen LogP contribution in [0.5, 0.6) is 5.75 Å². The van der Waals surface area contributed by atoms with Crippen molar-refractivity contribution in [1.29, 1.82) is 0 Å². The Kier molecular flexibility index (Phi) is 8.07. The monoisotopic (exact) mass is 527 g/mol. The largest absolute Gasteiger partial charge is 0.490 e. The summed E-state index contributed by atoms with van der Waals surface area (Å²) in [4.78, 5) is 17.4. The number of amides is 1. The summed E-state index contributed by atoms with van der Waals surface area (Å²) in [7, 11) is -3.60. The number of unbranched alkanes of at least 4 members (excludes halogenated alkanes) is 1. The number of rotatable bonds is 11. The van der Waals surface area contributed by atoms with Crippen LogP contribution < -0.4 is 10.1 Å². The number of carbonyl (C=O) groups excluding carboxylic acids is 1. The number of fused-ring (bicyclic) bond motifs is 1. The molecule has 0 radical (unpaired) electrons. The van der Waals surface area contributed by atoms with Gasteiger partial charge in [-0.15, -0.1) is 11.3 Å². The van der Waals surface area contributed by atoms with Crippen LogP contribution in [0.1, 0.15) is 44.0 Å². The van der Waals surface area contributed by atoms with Crippen molar-refractivity contribution in [1.82, 2.24) is 9.29 Å². The number of benzene rings is 2. The van der Waals surface area contributed by atoms with Crippen LogP contribution in [0, 0.1) is 0 Å². The lowest BCUT2D eigenvalue weighted by molar-refractivity contribution is 0.102. The van der Waals surface area contributed by atoms with E-state index in [1.165, 1.54) is 39.9 Å². The van der Waals surface area contributed by atoms with Crippen LogP contribution in [-0.2, 0) is 10.0 Å². The smallest absolute Gasteiger partial charge is 0.257 e. The van der Waals surface area contributed by atoms with Gasteiger partial charge in [0, 0.05) is 29.4 Å². The highest BCUT2D eigenvalue weighted by Crippen LogP contribution is 2.34. The Hall–Kier alpha value is -3.21. The summed E-state index contributed by atoms with van der Waals surface area (Å²) < 4.78 is 38.9. The van der Waals surface area contributed by atoms with Gasteiger partial charge in [0.2, 0.25) is 10.0 Å². The van der Waals surface area contributed by atoms with Crippen LogP contribution in [-0.4, -0.2) is 43.3 Å². The van der Waals surface area contributed by atoms with Gasteiger partial charge >= 0.3 is 0 Å². The molecule has 0 aliphatic rings. The summed E-state index contributed by atoms with van der Waals surface area (Å²) in [6, 6.07) is 13.5. The summed E-state index contributed by atoms with van der Waals surface area (Å²) >= 11 is 1.28. The molecule has 1 N–H and O–H groups in total. The number of carbonyl (C=O) groups is 1. The summed E-state index contributed by atoms with van der Waals surface area (Å²) in [5, 5.41) is 5.90. The molecule has 0 unspecified atom stereocenters. The number of thiazole rings is 1. The first-order valence-electron chi connectivity index (χ1n) is 11.9. The van der Waals surface area contributed by atoms with Gasteiger partial charge < -0.3 is 9.15 Å². The van der Waals surface area contributed by atoms with E-state index in [2.05, 4.69) is 10.3 Å². The summed E-state index contributed by atoms with van der Waals surface area (Å²) in [6.45, 7) is 7.16. The van der Waals surface area contributed by atoms with E-state index < -0.39 is 10.0 Å². The molecule has 0 saturated heterocycles. The van der Waals surface area contributed by atoms with E-state index in [-0.39, 0.29) is 10.8 Å². The highest BCUT2D eigenvalue weighted by atomic mass is 32.2. The van der Waals surface area contributed by atoms with Crippen molar-refractivity contribution in [3.05, 3.63) is 59.5 Å². The summed E-state index contributed by atoms with van der Waals surface area (Å²) in [5.41, 5.74) is 1.59. The van der Waals surface area contributed by atoms with Crippen LogP contribution in [0.4, 0.5) is 5.13 Å². The highest BCUT2D eigenvalue weighted by Gasteiger charge is 2.23. The number of aromatic nitrogens is 1. The zero-order valence-corrected chi connectivity index (χ0v) is 22.1. The Bertz CT molecular complexity index is 1440. The molecule has 2 aromatic heterocycles. The molecule has 2 aromatic carbocycles. The standard InChI is InChI=1S/C26H29N3O5S2/c1-4-7-15-29(5-2)36(31,32)20-13-11-18(12-14-20)25(30)28-26-27-21(17-35-26)23-16-19-9-8-10-22(33-6-3)24(19)34-23/h8-14,16-17H,4-7,15H2,1-3H3,(H,27,28,30). The summed E-state index contributed by atoms with van der Waals surface area (Å²) in [6.07, 6.45) is 1.71. The number of nitrogens with zero attached hydrogens (tertiary/aromatic N) is 2. The van der Waals surface area contributed by atoms with Crippen molar-refractivity contribution in [2.24, 2.45) is 0 Å². The third-order valence-electron chi connectivity index (χ3n) is 5.65. The number of anilines is 1. The van der Waals surface area contributed by atoms with E-state index in [1.54, 1.807) is 5.38 Å². The second-order valence-corrected chi connectivity index (χ2v) is 10.9. The normalized spacial score (nSPS) is 11.8. The minimum atomic E-state index is -3.60. The molecule has 0 bridgehead atoms. The van der Waals surface area contributed by atoms with E-state index >= 15 is 0 Å². The first kappa shape index (κ1) is 25.9. The van der Waals surface area contributed by atoms with Crippen LogP contribution in [0.3, 0.4) is 0 Å². The third kappa shape index (κ3) is 5.45. The molecule has 10 heteroatoms. The first-order valence-corrected chi connectivity index (χ1v) is 14.2. The molecule has 0 saturated carbocycles. The molecule has 2 heterocycles. The van der Waals surface area contributed by atoms with Crippen LogP contribution in [0.25, 0.3) is 22.4 Å². The first-order chi connectivity index (χ1) is 17.4. The fourth-order valence-corrected chi connectivity index (χ4v) is 5.94. The Morgan fingerprint density at radius 3 is 2.61 bits per heavy atom. The molecule has 36 heavy (non-hydrogen) atoms. The molecule has 4 rings (SSSR count). The zero-order valence-electron chi connectivity index (χ0n) is 20.5. The molecule has 4 aromatic rings. The maximum Gasteiger partial charge on any atom is 0.257 e. The highest BCUT2D eigenvalue weighted by molar-refractivity contribution is 7.89. The molecule has 0 fully saturated rings. The molecule has 0 atom stereocenters. The van der Waals surface area contributed by atoms with Crippen LogP contribution in [0.15, 0.2) is 63.2 Å². The fraction of sp³-hybridized carbons (Fsp3) is 0.308. The van der Waals surface area contributed by atoms with Crippen molar-refractivity contribution in [2.75, 3.05) is 25.0 Å². The van der Waals surface area contributed by atoms with E-state index in [9.17, 15) is 13.2 Å². The predicted octanol–water partition coefficient (Wildman–Crippen LogP) is 6.02. The number of para-hydroxylation sites is 1. The van der Waals surface area contributed by atoms with Crippen molar-refractivity contribution >= 4 is 43.4 Å². The maximum absolute atomic E-state index is 12.9. The van der Waals surface area contributed by atoms with E-state index in [1.807, 2.05) is 45.0 Å². The Morgan fingerprint density at radius 2 is 1.92 bits per heavy atom. The lowest BCUT2D eigenvalue weighted by atomic mass is 10.2. The fourth-order valence-electron chi connectivity index (χ4n) is 3.76. The lowest BCUT2D eigenvalue weighted by Crippen LogP contribution is -2.31. The van der Waals surface area contributed by atoms with Crippen LogP contribution >= 0.6 is 11.3 Å². The van der Waals surface area contributed by atoms with Gasteiger partial charge in [-0.2, -0.15) is 4.31 Å². The minimum absolute atomic E-state index is 0.171. The molecular weight excluding hydrogens is 498 g/mol. The van der Waals surface area contributed by atoms with Crippen molar-refractivity contribution in [3.8, 4) is 17.2 Å². The van der Waals surface area contributed by atoms with Gasteiger partial charge in [-0.25, -0.2) is 13.4 Å². The van der Waals surface area contributed by atoms with Crippen molar-refractivity contribution in [3.63, 3.8) is 0 Å². The quantitative estimate of drug-likeness (QED) is 0.256. The van der Waals surface area contributed by atoms with Crippen molar-refractivity contribution < 1.29 is 22.4 Å². The molecular formula is C26H29N3O5S2. The van der Waals surface area contributed by atoms with E-state index in [0.29, 0.717) is 53.2 Å². The van der Waals surface area contributed by atoms with Crippen molar-refractivity contribution in [2.45, 2.75) is 38.5 Å². The number of ether oxygens (including phenoxy) is 1. The van der Waals surface area contributed by atoms with Gasteiger partial charge in [-0.3, -0.25) is 10.1 Å². The van der Waals surface area contributed by atoms with Gasteiger partial charge in [0.25, 0.3) is 5.91 Å². The Morgan fingerprint density at radius 1 is 1.14 bits per heavy atom. The number of hydrogen-bond donors (Lipinski definition) is 1. The summed E-state index contributed by atoms with van der Waals surface area (Å²) in [5.74, 6) is 0.872. The molecule has 8 nitrogen and oxygen atoms in total. The van der Waals surface area contributed by atoms with Gasteiger partial charge in [0.1, 0.15) is 5.69 Å². The maximum atomic E-state index is 12.9. The Balaban J connectivity index is 1.47. The number of sulfonamides is 1. The van der Waals surface area contributed by atoms with Gasteiger partial charge in [0.15, 0.2) is 22.2 Å². The average Bonchev–Trinajstić information content (AvgIpc) is 3.52. The third-order valence-corrected chi connectivity index (χ3v) is 8.40. The van der Waals surface area contributed by atoms with Gasteiger partial charge in [-0.05, 0) is 49.7 Å². The zero-order chi connectivity index (χ0) is 25.7. The molecule has 0 aliphatic carbocycles. The SMILES string of the molecule is CCCCN(CC)S(=O)(=O)c1ccc(C(=O)Nc2nc(-c3cc4cccc(OCC)c4o3)cs2)cc1. The van der Waals surface area contributed by atoms with Gasteiger partial charge in [0.05, 0.1) is 11.5 Å². The van der Waals surface area contributed by atoms with Crippen LogP contribution in [0.2, 0.25) is 0 Å². The number of nitrogens with one attached hydrogen (secondary N) is 1. The number of hydrogen-bond acceptors (Lipinski definition) is 7. The average molecular weight is 528 g/mol. The lowest BCUT2D eigenvalue weighted by Gasteiger charge is -2.20. The topological polar surface area (TPSA) is 102 Å². The number of furan rings is 1. The molecule has 0 aliphatic heterocycles. The predicted molar refractivity (Wildman–Crippen MR) is 142 cm³/mol. The molecule has 0 spiro atoms. The second-order valence-electron chi connectivity index (χ2n) is 8.08. The molecule has 190 valence electrons.